The summed E-state index contributed by atoms with van der Waals surface area (Å²) in [6, 6.07) is 8.65. The fourth-order valence-electron chi connectivity index (χ4n) is 2.09. The van der Waals surface area contributed by atoms with Crippen molar-refractivity contribution < 1.29 is 19.1 Å². The molecule has 0 spiro atoms. The van der Waals surface area contributed by atoms with Gasteiger partial charge in [0.25, 0.3) is 0 Å². The molecule has 0 fully saturated rings. The fraction of sp³-hybridized carbons (Fsp3) is 0.471. The molecule has 1 aromatic carbocycles. The predicted molar refractivity (Wildman–Crippen MR) is 90.2 cm³/mol. The Labute approximate surface area is 142 Å². The lowest BCUT2D eigenvalue weighted by atomic mass is 10.1. The van der Waals surface area contributed by atoms with E-state index in [-0.39, 0.29) is 18.4 Å². The first-order chi connectivity index (χ1) is 11.5. The van der Waals surface area contributed by atoms with Gasteiger partial charge in [0.2, 0.25) is 11.8 Å². The topological polar surface area (TPSA) is 96.5 Å². The standard InChI is InChI=1S/C17H25N3O4/c1-13(21)19-11-7-6-10-15(16(22)18-2)20-17(23)24-12-14-8-4-3-5-9-14/h3-5,8-9,15H,6-7,10-12H2,1-2H3,(H,18,22)(H,19,21)(H,20,23)/t15-/m0/s1. The monoisotopic (exact) mass is 335 g/mol. The quantitative estimate of drug-likeness (QED) is 0.593. The molecular formula is C17H25N3O4. The van der Waals surface area contributed by atoms with E-state index >= 15 is 0 Å². The van der Waals surface area contributed by atoms with E-state index < -0.39 is 12.1 Å². The summed E-state index contributed by atoms with van der Waals surface area (Å²) in [5, 5.41) is 7.79. The van der Waals surface area contributed by atoms with Gasteiger partial charge in [-0.3, -0.25) is 9.59 Å². The van der Waals surface area contributed by atoms with Gasteiger partial charge in [-0.2, -0.15) is 0 Å². The maximum absolute atomic E-state index is 11.9. The average molecular weight is 335 g/mol. The zero-order valence-electron chi connectivity index (χ0n) is 14.1. The maximum Gasteiger partial charge on any atom is 0.408 e. The second-order valence-corrected chi connectivity index (χ2v) is 5.35. The number of likely N-dealkylation sites (N-methyl/N-ethyl adjacent to an activating group) is 1. The second-order valence-electron chi connectivity index (χ2n) is 5.35. The highest BCUT2D eigenvalue weighted by Gasteiger charge is 2.19. The minimum absolute atomic E-state index is 0.0829. The molecule has 7 heteroatoms. The molecular weight excluding hydrogens is 310 g/mol. The molecule has 3 amide bonds. The van der Waals surface area contributed by atoms with Crippen LogP contribution in [0.2, 0.25) is 0 Å². The Kier molecular flexibility index (Phi) is 8.96. The van der Waals surface area contributed by atoms with Crippen molar-refractivity contribution in [3.8, 4) is 0 Å². The summed E-state index contributed by atoms with van der Waals surface area (Å²) < 4.78 is 5.13. The molecule has 3 N–H and O–H groups in total. The van der Waals surface area contributed by atoms with Crippen LogP contribution in [0.15, 0.2) is 30.3 Å². The van der Waals surface area contributed by atoms with Crippen molar-refractivity contribution in [3.05, 3.63) is 35.9 Å². The Morgan fingerprint density at radius 2 is 1.83 bits per heavy atom. The van der Waals surface area contributed by atoms with Gasteiger partial charge >= 0.3 is 6.09 Å². The van der Waals surface area contributed by atoms with E-state index in [1.807, 2.05) is 30.3 Å². The van der Waals surface area contributed by atoms with Crippen LogP contribution in [0.5, 0.6) is 0 Å². The molecule has 1 atom stereocenters. The van der Waals surface area contributed by atoms with E-state index in [0.717, 1.165) is 12.0 Å². The van der Waals surface area contributed by atoms with Gasteiger partial charge in [0.15, 0.2) is 0 Å². The first-order valence-corrected chi connectivity index (χ1v) is 7.96. The van der Waals surface area contributed by atoms with Crippen molar-refractivity contribution in [2.45, 2.75) is 38.8 Å². The second kappa shape index (κ2) is 11.0. The Hall–Kier alpha value is -2.57. The van der Waals surface area contributed by atoms with Crippen molar-refractivity contribution in [2.24, 2.45) is 0 Å². The number of carbonyl (C=O) groups is 3. The molecule has 7 nitrogen and oxygen atoms in total. The minimum Gasteiger partial charge on any atom is -0.445 e. The number of carbonyl (C=O) groups excluding carboxylic acids is 3. The highest BCUT2D eigenvalue weighted by atomic mass is 16.5. The van der Waals surface area contributed by atoms with Crippen molar-refractivity contribution in [1.29, 1.82) is 0 Å². The molecule has 24 heavy (non-hydrogen) atoms. The van der Waals surface area contributed by atoms with E-state index in [0.29, 0.717) is 19.4 Å². The number of ether oxygens (including phenoxy) is 1. The molecule has 0 aromatic heterocycles. The Balaban J connectivity index is 2.36. The van der Waals surface area contributed by atoms with Gasteiger partial charge in [-0.1, -0.05) is 30.3 Å². The summed E-state index contributed by atoms with van der Waals surface area (Å²) in [5.41, 5.74) is 0.874. The summed E-state index contributed by atoms with van der Waals surface area (Å²) in [5.74, 6) is -0.355. The van der Waals surface area contributed by atoms with Crippen LogP contribution in [0.3, 0.4) is 0 Å². The smallest absolute Gasteiger partial charge is 0.408 e. The molecule has 0 aliphatic heterocycles. The molecule has 0 saturated heterocycles. The number of hydrogen-bond donors (Lipinski definition) is 3. The van der Waals surface area contributed by atoms with Gasteiger partial charge < -0.3 is 20.7 Å². The van der Waals surface area contributed by atoms with Crippen molar-refractivity contribution in [1.82, 2.24) is 16.0 Å². The van der Waals surface area contributed by atoms with Crippen LogP contribution in [-0.2, 0) is 20.9 Å². The van der Waals surface area contributed by atoms with Crippen LogP contribution in [0.4, 0.5) is 4.79 Å². The lowest BCUT2D eigenvalue weighted by Gasteiger charge is -2.17. The number of benzene rings is 1. The zero-order valence-corrected chi connectivity index (χ0v) is 14.1. The number of amides is 3. The van der Waals surface area contributed by atoms with Crippen molar-refractivity contribution in [3.63, 3.8) is 0 Å². The number of alkyl carbamates (subject to hydrolysis) is 1. The van der Waals surface area contributed by atoms with Crippen LogP contribution in [0, 0.1) is 0 Å². The van der Waals surface area contributed by atoms with Gasteiger partial charge in [0, 0.05) is 20.5 Å². The predicted octanol–water partition coefficient (Wildman–Crippen LogP) is 1.33. The van der Waals surface area contributed by atoms with Crippen molar-refractivity contribution >= 4 is 17.9 Å². The maximum atomic E-state index is 11.9. The summed E-state index contributed by atoms with van der Waals surface area (Å²) in [6.07, 6.45) is 1.26. The molecule has 0 unspecified atom stereocenters. The summed E-state index contributed by atoms with van der Waals surface area (Å²) in [7, 11) is 1.52. The van der Waals surface area contributed by atoms with Gasteiger partial charge in [0.1, 0.15) is 12.6 Å². The number of nitrogens with one attached hydrogen (secondary N) is 3. The Bertz CT molecular complexity index is 534. The largest absolute Gasteiger partial charge is 0.445 e. The van der Waals surface area contributed by atoms with Crippen LogP contribution >= 0.6 is 0 Å². The van der Waals surface area contributed by atoms with Crippen LogP contribution in [0.25, 0.3) is 0 Å². The van der Waals surface area contributed by atoms with Crippen LogP contribution in [-0.4, -0.2) is 37.5 Å². The third-order valence-corrected chi connectivity index (χ3v) is 3.36. The summed E-state index contributed by atoms with van der Waals surface area (Å²) in [6.45, 7) is 2.15. The highest BCUT2D eigenvalue weighted by molar-refractivity contribution is 5.85. The molecule has 0 aliphatic rings. The summed E-state index contributed by atoms with van der Waals surface area (Å²) >= 11 is 0. The molecule has 0 bridgehead atoms. The molecule has 0 radical (unpaired) electrons. The van der Waals surface area contributed by atoms with Crippen molar-refractivity contribution in [2.75, 3.05) is 13.6 Å². The first-order valence-electron chi connectivity index (χ1n) is 7.96. The molecule has 1 aromatic rings. The van der Waals surface area contributed by atoms with E-state index in [1.54, 1.807) is 0 Å². The lowest BCUT2D eigenvalue weighted by molar-refractivity contribution is -0.123. The van der Waals surface area contributed by atoms with Gasteiger partial charge in [-0.05, 0) is 24.8 Å². The number of unbranched alkanes of at least 4 members (excludes halogenated alkanes) is 1. The average Bonchev–Trinajstić information content (AvgIpc) is 2.58. The van der Waals surface area contributed by atoms with Gasteiger partial charge in [0.05, 0.1) is 0 Å². The van der Waals surface area contributed by atoms with E-state index in [1.165, 1.54) is 14.0 Å². The highest BCUT2D eigenvalue weighted by Crippen LogP contribution is 2.04. The number of rotatable bonds is 9. The molecule has 1 rings (SSSR count). The Morgan fingerprint density at radius 1 is 1.12 bits per heavy atom. The normalized spacial score (nSPS) is 11.2. The molecule has 0 heterocycles. The lowest BCUT2D eigenvalue weighted by Crippen LogP contribution is -2.45. The van der Waals surface area contributed by atoms with Gasteiger partial charge in [-0.25, -0.2) is 4.79 Å². The minimum atomic E-state index is -0.657. The van der Waals surface area contributed by atoms with E-state index in [9.17, 15) is 14.4 Å². The summed E-state index contributed by atoms with van der Waals surface area (Å²) in [4.78, 5) is 34.5. The third kappa shape index (κ3) is 8.17. The number of hydrogen-bond acceptors (Lipinski definition) is 4. The first kappa shape index (κ1) is 19.5. The third-order valence-electron chi connectivity index (χ3n) is 3.36. The SMILES string of the molecule is CNC(=O)[C@H](CCCCNC(C)=O)NC(=O)OCc1ccccc1. The Morgan fingerprint density at radius 3 is 2.46 bits per heavy atom. The zero-order chi connectivity index (χ0) is 17.8. The fourth-order valence-corrected chi connectivity index (χ4v) is 2.09. The molecule has 132 valence electrons. The van der Waals surface area contributed by atoms with Gasteiger partial charge in [-0.15, -0.1) is 0 Å². The van der Waals surface area contributed by atoms with Crippen LogP contribution < -0.4 is 16.0 Å². The molecule has 0 saturated carbocycles. The van der Waals surface area contributed by atoms with E-state index in [4.69, 9.17) is 4.74 Å². The molecule has 0 aliphatic carbocycles. The van der Waals surface area contributed by atoms with E-state index in [2.05, 4.69) is 16.0 Å². The van der Waals surface area contributed by atoms with Crippen LogP contribution in [0.1, 0.15) is 31.7 Å².